The van der Waals surface area contributed by atoms with Crippen molar-refractivity contribution in [3.63, 3.8) is 0 Å². The van der Waals surface area contributed by atoms with Crippen LogP contribution in [0.4, 0.5) is 11.4 Å². The number of amides is 2. The molecule has 2 amide bonds. The van der Waals surface area contributed by atoms with E-state index >= 15 is 0 Å². The van der Waals surface area contributed by atoms with Crippen molar-refractivity contribution in [3.05, 3.63) is 48.0 Å². The maximum Gasteiger partial charge on any atom is 0.238 e. The zero-order chi connectivity index (χ0) is 20.3. The van der Waals surface area contributed by atoms with Crippen LogP contribution in [0, 0.1) is 5.92 Å². The van der Waals surface area contributed by atoms with E-state index in [-0.39, 0.29) is 23.1 Å². The zero-order valence-electron chi connectivity index (χ0n) is 16.4. The molecule has 1 saturated heterocycles. The van der Waals surface area contributed by atoms with Crippen molar-refractivity contribution < 1.29 is 19.1 Å². The van der Waals surface area contributed by atoms with Gasteiger partial charge in [0.1, 0.15) is 16.9 Å². The summed E-state index contributed by atoms with van der Waals surface area (Å²) in [6.07, 6.45) is 0. The number of nitrogens with zero attached hydrogens (tertiary/aromatic N) is 1. The molecule has 2 aromatic carbocycles. The minimum absolute atomic E-state index is 0.0238. The first kappa shape index (κ1) is 20.1. The van der Waals surface area contributed by atoms with Crippen LogP contribution in [0.5, 0.6) is 11.5 Å². The Labute approximate surface area is 169 Å². The van der Waals surface area contributed by atoms with E-state index in [1.807, 2.05) is 50.2 Å². The maximum absolute atomic E-state index is 12.6. The first-order chi connectivity index (χ1) is 13.4. The van der Waals surface area contributed by atoms with E-state index in [0.29, 0.717) is 22.9 Å². The van der Waals surface area contributed by atoms with Gasteiger partial charge in [-0.05, 0) is 29.8 Å². The number of carbonyl (C=O) groups excluding carboxylic acids is 2. The van der Waals surface area contributed by atoms with Crippen molar-refractivity contribution in [2.75, 3.05) is 30.2 Å². The molecule has 0 radical (unpaired) electrons. The molecule has 7 heteroatoms. The Morgan fingerprint density at radius 2 is 1.86 bits per heavy atom. The highest BCUT2D eigenvalue weighted by Crippen LogP contribution is 2.45. The standard InChI is InChI=1S/C21H24N2O4S/c1-13(2)20(25)22-15-7-5-14(6-8-15)21-23(19(24)12-28-21)17-10-9-16(26-3)11-18(17)27-4/h5-11,13,21H,12H2,1-4H3,(H,22,25)/t21-/m1/s1. The third-order valence-corrected chi connectivity index (χ3v) is 5.71. The first-order valence-electron chi connectivity index (χ1n) is 9.01. The molecule has 1 atom stereocenters. The lowest BCUT2D eigenvalue weighted by atomic mass is 10.1. The summed E-state index contributed by atoms with van der Waals surface area (Å²) in [6, 6.07) is 13.0. The number of carbonyl (C=O) groups is 2. The predicted molar refractivity (Wildman–Crippen MR) is 112 cm³/mol. The third-order valence-electron chi connectivity index (χ3n) is 4.50. The zero-order valence-corrected chi connectivity index (χ0v) is 17.2. The second-order valence-electron chi connectivity index (χ2n) is 6.73. The van der Waals surface area contributed by atoms with E-state index in [1.54, 1.807) is 36.9 Å². The van der Waals surface area contributed by atoms with Crippen LogP contribution >= 0.6 is 11.8 Å². The largest absolute Gasteiger partial charge is 0.497 e. The van der Waals surface area contributed by atoms with Gasteiger partial charge in [-0.2, -0.15) is 0 Å². The molecule has 1 aliphatic heterocycles. The van der Waals surface area contributed by atoms with Crippen molar-refractivity contribution in [1.29, 1.82) is 0 Å². The monoisotopic (exact) mass is 400 g/mol. The SMILES string of the molecule is COc1ccc(N2C(=O)CS[C@@H]2c2ccc(NC(=O)C(C)C)cc2)c(OC)c1. The summed E-state index contributed by atoms with van der Waals surface area (Å²) in [5.41, 5.74) is 2.43. The fourth-order valence-corrected chi connectivity index (χ4v) is 4.10. The lowest BCUT2D eigenvalue weighted by Gasteiger charge is -2.26. The normalized spacial score (nSPS) is 16.4. The van der Waals surface area contributed by atoms with Crippen molar-refractivity contribution in [1.82, 2.24) is 0 Å². The summed E-state index contributed by atoms with van der Waals surface area (Å²) in [5, 5.41) is 2.72. The third kappa shape index (κ3) is 4.09. The van der Waals surface area contributed by atoms with Crippen LogP contribution in [0.3, 0.4) is 0 Å². The Bertz CT molecular complexity index is 867. The van der Waals surface area contributed by atoms with Crippen molar-refractivity contribution in [2.24, 2.45) is 5.92 Å². The van der Waals surface area contributed by atoms with Gasteiger partial charge in [0, 0.05) is 17.7 Å². The van der Waals surface area contributed by atoms with E-state index in [4.69, 9.17) is 9.47 Å². The van der Waals surface area contributed by atoms with Crippen LogP contribution in [0.1, 0.15) is 24.8 Å². The van der Waals surface area contributed by atoms with Crippen LogP contribution in [0.25, 0.3) is 0 Å². The molecule has 0 bridgehead atoms. The number of benzene rings is 2. The van der Waals surface area contributed by atoms with Crippen molar-refractivity contribution in [2.45, 2.75) is 19.2 Å². The Morgan fingerprint density at radius 1 is 1.14 bits per heavy atom. The van der Waals surface area contributed by atoms with Gasteiger partial charge in [0.15, 0.2) is 0 Å². The van der Waals surface area contributed by atoms with Crippen LogP contribution in [0.15, 0.2) is 42.5 Å². The highest BCUT2D eigenvalue weighted by atomic mass is 32.2. The van der Waals surface area contributed by atoms with Gasteiger partial charge in [-0.15, -0.1) is 11.8 Å². The van der Waals surface area contributed by atoms with Gasteiger partial charge in [-0.25, -0.2) is 0 Å². The van der Waals surface area contributed by atoms with E-state index in [2.05, 4.69) is 5.32 Å². The maximum atomic E-state index is 12.6. The topological polar surface area (TPSA) is 67.9 Å². The molecule has 0 unspecified atom stereocenters. The summed E-state index contributed by atoms with van der Waals surface area (Å²) >= 11 is 1.56. The molecular weight excluding hydrogens is 376 g/mol. The Balaban J connectivity index is 1.88. The lowest BCUT2D eigenvalue weighted by molar-refractivity contribution is -0.119. The van der Waals surface area contributed by atoms with Crippen LogP contribution < -0.4 is 19.7 Å². The molecule has 1 aliphatic rings. The minimum Gasteiger partial charge on any atom is -0.497 e. The van der Waals surface area contributed by atoms with Gasteiger partial charge in [0.2, 0.25) is 11.8 Å². The Hall–Kier alpha value is -2.67. The molecule has 0 saturated carbocycles. The molecule has 6 nitrogen and oxygen atoms in total. The van der Waals surface area contributed by atoms with Gasteiger partial charge < -0.3 is 14.8 Å². The summed E-state index contributed by atoms with van der Waals surface area (Å²) in [4.78, 5) is 26.2. The highest BCUT2D eigenvalue weighted by Gasteiger charge is 2.35. The van der Waals surface area contributed by atoms with Crippen LogP contribution in [-0.2, 0) is 9.59 Å². The summed E-state index contributed by atoms with van der Waals surface area (Å²) in [7, 11) is 3.17. The number of rotatable bonds is 6. The number of ether oxygens (including phenoxy) is 2. The number of nitrogens with one attached hydrogen (secondary N) is 1. The Kier molecular flexibility index (Phi) is 6.14. The molecule has 0 aromatic heterocycles. The molecule has 2 aromatic rings. The number of thioether (sulfide) groups is 1. The smallest absolute Gasteiger partial charge is 0.238 e. The van der Waals surface area contributed by atoms with Gasteiger partial charge >= 0.3 is 0 Å². The van der Waals surface area contributed by atoms with Gasteiger partial charge in [-0.1, -0.05) is 26.0 Å². The molecule has 148 valence electrons. The van der Waals surface area contributed by atoms with Gasteiger partial charge in [0.05, 0.1) is 25.7 Å². The summed E-state index contributed by atoms with van der Waals surface area (Å²) in [5.74, 6) is 1.56. The molecule has 0 aliphatic carbocycles. The summed E-state index contributed by atoms with van der Waals surface area (Å²) in [6.45, 7) is 3.70. The van der Waals surface area contributed by atoms with Gasteiger partial charge in [-0.3, -0.25) is 14.5 Å². The predicted octanol–water partition coefficient (Wildman–Crippen LogP) is 4.08. The fourth-order valence-electron chi connectivity index (χ4n) is 2.93. The molecule has 3 rings (SSSR count). The number of anilines is 2. The molecule has 28 heavy (non-hydrogen) atoms. The molecule has 1 N–H and O–H groups in total. The average molecular weight is 401 g/mol. The van der Waals surface area contributed by atoms with E-state index in [1.165, 1.54) is 0 Å². The van der Waals surface area contributed by atoms with Crippen molar-refractivity contribution in [3.8, 4) is 11.5 Å². The van der Waals surface area contributed by atoms with Crippen LogP contribution in [-0.4, -0.2) is 31.8 Å². The number of methoxy groups -OCH3 is 2. The van der Waals surface area contributed by atoms with Crippen molar-refractivity contribution >= 4 is 35.0 Å². The molecule has 1 fully saturated rings. The van der Waals surface area contributed by atoms with E-state index in [9.17, 15) is 9.59 Å². The quantitative estimate of drug-likeness (QED) is 0.791. The average Bonchev–Trinajstić information content (AvgIpc) is 3.09. The minimum atomic E-state index is -0.162. The Morgan fingerprint density at radius 3 is 2.46 bits per heavy atom. The van der Waals surface area contributed by atoms with E-state index < -0.39 is 0 Å². The number of hydrogen-bond acceptors (Lipinski definition) is 5. The fraction of sp³-hybridized carbons (Fsp3) is 0.333. The van der Waals surface area contributed by atoms with E-state index in [0.717, 1.165) is 11.3 Å². The van der Waals surface area contributed by atoms with Gasteiger partial charge in [0.25, 0.3) is 0 Å². The molecule has 1 heterocycles. The number of hydrogen-bond donors (Lipinski definition) is 1. The second-order valence-corrected chi connectivity index (χ2v) is 7.80. The molecular formula is C21H24N2O4S. The highest BCUT2D eigenvalue weighted by molar-refractivity contribution is 8.00. The summed E-state index contributed by atoms with van der Waals surface area (Å²) < 4.78 is 10.7. The second kappa shape index (κ2) is 8.56. The molecule has 0 spiro atoms. The van der Waals surface area contributed by atoms with Crippen LogP contribution in [0.2, 0.25) is 0 Å². The first-order valence-corrected chi connectivity index (χ1v) is 10.1. The lowest BCUT2D eigenvalue weighted by Crippen LogP contribution is -2.28.